The maximum Gasteiger partial charge on any atom is 0.126 e. The van der Waals surface area contributed by atoms with Crippen LogP contribution in [-0.4, -0.2) is 22.5 Å². The van der Waals surface area contributed by atoms with Gasteiger partial charge < -0.3 is 4.98 Å². The van der Waals surface area contributed by atoms with Crippen LogP contribution in [0.2, 0.25) is 0 Å². The lowest BCUT2D eigenvalue weighted by Crippen LogP contribution is -2.35. The summed E-state index contributed by atoms with van der Waals surface area (Å²) in [7, 11) is 0. The van der Waals surface area contributed by atoms with Crippen molar-refractivity contribution >= 4 is 26.8 Å². The quantitative estimate of drug-likeness (QED) is 0.848. The molecule has 18 heavy (non-hydrogen) atoms. The topological polar surface area (TPSA) is 19.0 Å². The molecule has 96 valence electrons. The largest absolute Gasteiger partial charge is 0.357 e. The Balaban J connectivity index is 2.13. The molecule has 1 aromatic heterocycles. The Hall–Kier alpha value is -0.870. The van der Waals surface area contributed by atoms with Crippen molar-refractivity contribution in [2.75, 3.05) is 6.54 Å². The lowest BCUT2D eigenvalue weighted by atomic mass is 10.0. The van der Waals surface area contributed by atoms with E-state index in [4.69, 9.17) is 0 Å². The minimum absolute atomic E-state index is 0.200. The molecule has 0 spiro atoms. The second-order valence-electron chi connectivity index (χ2n) is 5.21. The zero-order valence-corrected chi connectivity index (χ0v) is 12.1. The molecule has 1 aromatic carbocycles. The smallest absolute Gasteiger partial charge is 0.126 e. The van der Waals surface area contributed by atoms with E-state index in [1.165, 1.54) is 11.3 Å². The Bertz CT molecular complexity index is 603. The SMILES string of the molecule is CC(C)N1CCc2c([nH]c3cc(F)cc(Br)c23)C1. The number of nitrogens with one attached hydrogen (secondary N) is 1. The predicted molar refractivity (Wildman–Crippen MR) is 75.2 cm³/mol. The lowest BCUT2D eigenvalue weighted by Gasteiger charge is -2.30. The van der Waals surface area contributed by atoms with Crippen LogP contribution in [0.15, 0.2) is 16.6 Å². The molecule has 0 aliphatic carbocycles. The Morgan fingerprint density at radius 3 is 2.89 bits per heavy atom. The van der Waals surface area contributed by atoms with Gasteiger partial charge in [-0.1, -0.05) is 0 Å². The van der Waals surface area contributed by atoms with Gasteiger partial charge in [-0.05, 0) is 53.9 Å². The standard InChI is InChI=1S/C14H16BrFN2/c1-8(2)18-4-3-10-13(7-18)17-12-6-9(16)5-11(15)14(10)12/h5-6,8,17H,3-4,7H2,1-2H3. The molecule has 0 fully saturated rings. The third-order valence-electron chi connectivity index (χ3n) is 3.75. The highest BCUT2D eigenvalue weighted by Crippen LogP contribution is 2.33. The number of halogens is 2. The molecule has 1 aliphatic rings. The van der Waals surface area contributed by atoms with Crippen molar-refractivity contribution < 1.29 is 4.39 Å². The van der Waals surface area contributed by atoms with Gasteiger partial charge in [-0.25, -0.2) is 4.39 Å². The van der Waals surface area contributed by atoms with Gasteiger partial charge in [-0.3, -0.25) is 4.90 Å². The van der Waals surface area contributed by atoms with Gasteiger partial charge in [0.15, 0.2) is 0 Å². The number of rotatable bonds is 1. The molecule has 3 rings (SSSR count). The first-order chi connectivity index (χ1) is 8.56. The molecule has 2 aromatic rings. The van der Waals surface area contributed by atoms with Crippen molar-refractivity contribution in [3.05, 3.63) is 33.7 Å². The van der Waals surface area contributed by atoms with E-state index in [9.17, 15) is 4.39 Å². The average Bonchev–Trinajstić information content (AvgIpc) is 2.65. The van der Waals surface area contributed by atoms with E-state index >= 15 is 0 Å². The fraction of sp³-hybridized carbons (Fsp3) is 0.429. The first-order valence-corrected chi connectivity index (χ1v) is 7.08. The Morgan fingerprint density at radius 1 is 1.39 bits per heavy atom. The highest BCUT2D eigenvalue weighted by Gasteiger charge is 2.23. The van der Waals surface area contributed by atoms with Crippen LogP contribution >= 0.6 is 15.9 Å². The summed E-state index contributed by atoms with van der Waals surface area (Å²) in [6, 6.07) is 3.67. The van der Waals surface area contributed by atoms with Crippen molar-refractivity contribution in [2.24, 2.45) is 0 Å². The molecule has 2 heterocycles. The molecule has 2 nitrogen and oxygen atoms in total. The summed E-state index contributed by atoms with van der Waals surface area (Å²) < 4.78 is 14.3. The number of H-pyrrole nitrogens is 1. The molecule has 0 amide bonds. The van der Waals surface area contributed by atoms with Crippen molar-refractivity contribution in [1.29, 1.82) is 0 Å². The number of aromatic nitrogens is 1. The average molecular weight is 311 g/mol. The van der Waals surface area contributed by atoms with Crippen molar-refractivity contribution in [3.8, 4) is 0 Å². The molecule has 0 saturated heterocycles. The van der Waals surface area contributed by atoms with Gasteiger partial charge in [-0.2, -0.15) is 0 Å². The van der Waals surface area contributed by atoms with Crippen LogP contribution in [0, 0.1) is 5.82 Å². The molecule has 1 aliphatic heterocycles. The van der Waals surface area contributed by atoms with Crippen LogP contribution < -0.4 is 0 Å². The summed E-state index contributed by atoms with van der Waals surface area (Å²) in [5, 5.41) is 1.15. The van der Waals surface area contributed by atoms with Crippen molar-refractivity contribution in [1.82, 2.24) is 9.88 Å². The summed E-state index contributed by atoms with van der Waals surface area (Å²) in [5.74, 6) is -0.200. The molecule has 0 unspecified atom stereocenters. The van der Waals surface area contributed by atoms with Gasteiger partial charge in [0.2, 0.25) is 0 Å². The van der Waals surface area contributed by atoms with Gasteiger partial charge in [-0.15, -0.1) is 0 Å². The van der Waals surface area contributed by atoms with Gasteiger partial charge in [0, 0.05) is 40.2 Å². The fourth-order valence-electron chi connectivity index (χ4n) is 2.76. The first kappa shape index (κ1) is 12.2. The van der Waals surface area contributed by atoms with E-state index in [1.54, 1.807) is 12.1 Å². The van der Waals surface area contributed by atoms with Crippen LogP contribution in [0.3, 0.4) is 0 Å². The molecule has 0 atom stereocenters. The molecule has 0 bridgehead atoms. The van der Waals surface area contributed by atoms with Crippen LogP contribution in [0.4, 0.5) is 4.39 Å². The summed E-state index contributed by atoms with van der Waals surface area (Å²) in [5.41, 5.74) is 3.47. The minimum atomic E-state index is -0.200. The lowest BCUT2D eigenvalue weighted by molar-refractivity contribution is 0.201. The second-order valence-corrected chi connectivity index (χ2v) is 6.06. The second kappa shape index (κ2) is 4.35. The molecule has 0 saturated carbocycles. The molecular weight excluding hydrogens is 295 g/mol. The van der Waals surface area contributed by atoms with Gasteiger partial charge in [0.1, 0.15) is 5.82 Å². The molecular formula is C14H16BrFN2. The van der Waals surface area contributed by atoms with E-state index in [0.29, 0.717) is 6.04 Å². The molecule has 1 N–H and O–H groups in total. The predicted octanol–water partition coefficient (Wildman–Crippen LogP) is 3.84. The van der Waals surface area contributed by atoms with E-state index < -0.39 is 0 Å². The number of fused-ring (bicyclic) bond motifs is 3. The Kier molecular flexibility index (Phi) is 2.94. The summed E-state index contributed by atoms with van der Waals surface area (Å²) in [6.45, 7) is 6.42. The van der Waals surface area contributed by atoms with Crippen LogP contribution in [0.5, 0.6) is 0 Å². The maximum atomic E-state index is 13.4. The zero-order chi connectivity index (χ0) is 12.9. The van der Waals surface area contributed by atoms with Gasteiger partial charge in [0.25, 0.3) is 0 Å². The van der Waals surface area contributed by atoms with Crippen molar-refractivity contribution in [2.45, 2.75) is 32.9 Å². The van der Waals surface area contributed by atoms with Crippen LogP contribution in [0.1, 0.15) is 25.1 Å². The Labute approximate surface area is 114 Å². The minimum Gasteiger partial charge on any atom is -0.357 e. The Morgan fingerprint density at radius 2 is 2.17 bits per heavy atom. The normalized spacial score (nSPS) is 16.5. The number of benzene rings is 1. The summed E-state index contributed by atoms with van der Waals surface area (Å²) >= 11 is 3.48. The fourth-order valence-corrected chi connectivity index (χ4v) is 3.43. The van der Waals surface area contributed by atoms with E-state index in [-0.39, 0.29) is 5.82 Å². The van der Waals surface area contributed by atoms with Crippen LogP contribution in [-0.2, 0) is 13.0 Å². The van der Waals surface area contributed by atoms with Gasteiger partial charge >= 0.3 is 0 Å². The van der Waals surface area contributed by atoms with E-state index in [0.717, 1.165) is 34.9 Å². The van der Waals surface area contributed by atoms with E-state index in [2.05, 4.69) is 39.7 Å². The number of nitrogens with zero attached hydrogens (tertiary/aromatic N) is 1. The van der Waals surface area contributed by atoms with E-state index in [1.807, 2.05) is 0 Å². The number of aromatic amines is 1. The van der Waals surface area contributed by atoms with Crippen molar-refractivity contribution in [3.63, 3.8) is 0 Å². The molecule has 4 heteroatoms. The highest BCUT2D eigenvalue weighted by atomic mass is 79.9. The van der Waals surface area contributed by atoms with Crippen LogP contribution in [0.25, 0.3) is 10.9 Å². The zero-order valence-electron chi connectivity index (χ0n) is 10.6. The first-order valence-electron chi connectivity index (χ1n) is 6.29. The third-order valence-corrected chi connectivity index (χ3v) is 4.37. The summed E-state index contributed by atoms with van der Waals surface area (Å²) in [6.07, 6.45) is 1.03. The monoisotopic (exact) mass is 310 g/mol. The maximum absolute atomic E-state index is 13.4. The number of hydrogen-bond acceptors (Lipinski definition) is 1. The third kappa shape index (κ3) is 1.88. The summed E-state index contributed by atoms with van der Waals surface area (Å²) in [4.78, 5) is 5.80. The highest BCUT2D eigenvalue weighted by molar-refractivity contribution is 9.10. The number of hydrogen-bond donors (Lipinski definition) is 1. The van der Waals surface area contributed by atoms with Gasteiger partial charge in [0.05, 0.1) is 0 Å². The molecule has 0 radical (unpaired) electrons.